The second-order valence-electron chi connectivity index (χ2n) is 3.00. The molecule has 0 saturated heterocycles. The highest BCUT2D eigenvalue weighted by Crippen LogP contribution is 2.16. The molecule has 4 heteroatoms. The molecule has 2 aromatic rings. The van der Waals surface area contributed by atoms with Crippen LogP contribution in [0, 0.1) is 0 Å². The van der Waals surface area contributed by atoms with Crippen molar-refractivity contribution in [2.24, 2.45) is 5.73 Å². The molecule has 2 aromatic heterocycles. The standard InChI is InChI=1S/C10H12N4/c11-3-5-14-8-13-7-10(14)9-2-1-4-12-6-9/h1-2,4,6-8H,3,5,11H2. The van der Waals surface area contributed by atoms with Crippen LogP contribution in [0.4, 0.5) is 0 Å². The molecule has 2 N–H and O–H groups in total. The normalized spacial score (nSPS) is 10.4. The second-order valence-corrected chi connectivity index (χ2v) is 3.00. The van der Waals surface area contributed by atoms with E-state index in [1.54, 1.807) is 12.5 Å². The number of nitrogens with zero attached hydrogens (tertiary/aromatic N) is 3. The Balaban J connectivity index is 2.37. The Morgan fingerprint density at radius 3 is 2.93 bits per heavy atom. The van der Waals surface area contributed by atoms with Gasteiger partial charge in [0.15, 0.2) is 0 Å². The highest BCUT2D eigenvalue weighted by molar-refractivity contribution is 5.57. The SMILES string of the molecule is NCCn1cncc1-c1cccnc1. The first-order chi connectivity index (χ1) is 6.92. The molecule has 0 spiro atoms. The zero-order valence-electron chi connectivity index (χ0n) is 7.80. The number of hydrogen-bond acceptors (Lipinski definition) is 3. The molecule has 0 unspecified atom stereocenters. The molecule has 72 valence electrons. The lowest BCUT2D eigenvalue weighted by Gasteiger charge is -2.05. The fraction of sp³-hybridized carbons (Fsp3) is 0.200. The minimum absolute atomic E-state index is 0.615. The number of aromatic nitrogens is 3. The summed E-state index contributed by atoms with van der Waals surface area (Å²) in [6.45, 7) is 1.40. The molecule has 0 aromatic carbocycles. The Morgan fingerprint density at radius 2 is 2.21 bits per heavy atom. The molecule has 4 nitrogen and oxygen atoms in total. The third-order valence-corrected chi connectivity index (χ3v) is 2.04. The molecular formula is C10H12N4. The van der Waals surface area contributed by atoms with Crippen LogP contribution >= 0.6 is 0 Å². The molecule has 0 fully saturated rings. The van der Waals surface area contributed by atoms with Gasteiger partial charge in [-0.15, -0.1) is 0 Å². The predicted octanol–water partition coefficient (Wildman–Crippen LogP) is 0.904. The summed E-state index contributed by atoms with van der Waals surface area (Å²) in [6.07, 6.45) is 7.19. The lowest BCUT2D eigenvalue weighted by Crippen LogP contribution is -2.09. The molecule has 0 atom stereocenters. The molecule has 0 bridgehead atoms. The van der Waals surface area contributed by atoms with E-state index < -0.39 is 0 Å². The predicted molar refractivity (Wildman–Crippen MR) is 54.5 cm³/mol. The Kier molecular flexibility index (Phi) is 2.55. The summed E-state index contributed by atoms with van der Waals surface area (Å²) >= 11 is 0. The lowest BCUT2D eigenvalue weighted by atomic mass is 10.2. The van der Waals surface area contributed by atoms with Gasteiger partial charge in [-0.2, -0.15) is 0 Å². The molecule has 0 aliphatic heterocycles. The molecule has 0 aliphatic rings. The number of hydrogen-bond donors (Lipinski definition) is 1. The Morgan fingerprint density at radius 1 is 1.29 bits per heavy atom. The van der Waals surface area contributed by atoms with E-state index in [2.05, 4.69) is 9.97 Å². The first-order valence-corrected chi connectivity index (χ1v) is 4.52. The zero-order valence-corrected chi connectivity index (χ0v) is 7.80. The van der Waals surface area contributed by atoms with Gasteiger partial charge in [0.25, 0.3) is 0 Å². The van der Waals surface area contributed by atoms with Gasteiger partial charge in [0.2, 0.25) is 0 Å². The Labute approximate surface area is 82.4 Å². The van der Waals surface area contributed by atoms with Crippen molar-refractivity contribution in [3.05, 3.63) is 37.1 Å². The molecule has 14 heavy (non-hydrogen) atoms. The monoisotopic (exact) mass is 188 g/mol. The van der Waals surface area contributed by atoms with Crippen LogP contribution in [-0.4, -0.2) is 21.1 Å². The van der Waals surface area contributed by atoms with Crippen molar-refractivity contribution in [3.63, 3.8) is 0 Å². The van der Waals surface area contributed by atoms with Crippen LogP contribution in [0.15, 0.2) is 37.1 Å². The van der Waals surface area contributed by atoms with E-state index in [9.17, 15) is 0 Å². The van der Waals surface area contributed by atoms with Gasteiger partial charge in [0, 0.05) is 31.0 Å². The molecule has 2 heterocycles. The molecule has 2 rings (SSSR count). The van der Waals surface area contributed by atoms with Crippen LogP contribution in [0.1, 0.15) is 0 Å². The van der Waals surface area contributed by atoms with Crippen molar-refractivity contribution in [2.75, 3.05) is 6.54 Å². The van der Waals surface area contributed by atoms with E-state index in [1.165, 1.54) is 0 Å². The number of nitrogens with two attached hydrogens (primary N) is 1. The largest absolute Gasteiger partial charge is 0.329 e. The molecular weight excluding hydrogens is 176 g/mol. The highest BCUT2D eigenvalue weighted by Gasteiger charge is 2.03. The number of imidazole rings is 1. The van der Waals surface area contributed by atoms with E-state index >= 15 is 0 Å². The highest BCUT2D eigenvalue weighted by atomic mass is 15.0. The molecule has 0 amide bonds. The maximum atomic E-state index is 5.50. The molecule has 0 saturated carbocycles. The smallest absolute Gasteiger partial charge is 0.0951 e. The van der Waals surface area contributed by atoms with Crippen molar-refractivity contribution in [3.8, 4) is 11.3 Å². The minimum Gasteiger partial charge on any atom is -0.329 e. The fourth-order valence-electron chi connectivity index (χ4n) is 1.39. The average Bonchev–Trinajstić information content (AvgIpc) is 2.68. The first kappa shape index (κ1) is 8.90. The minimum atomic E-state index is 0.615. The van der Waals surface area contributed by atoms with Gasteiger partial charge in [-0.1, -0.05) is 0 Å². The van der Waals surface area contributed by atoms with Crippen LogP contribution in [-0.2, 0) is 6.54 Å². The van der Waals surface area contributed by atoms with Gasteiger partial charge in [0.1, 0.15) is 0 Å². The van der Waals surface area contributed by atoms with Crippen molar-refractivity contribution >= 4 is 0 Å². The van der Waals surface area contributed by atoms with E-state index in [0.29, 0.717) is 6.54 Å². The number of rotatable bonds is 3. The van der Waals surface area contributed by atoms with Gasteiger partial charge in [-0.25, -0.2) is 4.98 Å². The van der Waals surface area contributed by atoms with Crippen LogP contribution in [0.2, 0.25) is 0 Å². The summed E-state index contributed by atoms with van der Waals surface area (Å²) in [5.74, 6) is 0. The maximum Gasteiger partial charge on any atom is 0.0951 e. The van der Waals surface area contributed by atoms with Gasteiger partial charge < -0.3 is 10.3 Å². The van der Waals surface area contributed by atoms with Crippen LogP contribution in [0.5, 0.6) is 0 Å². The van der Waals surface area contributed by atoms with Gasteiger partial charge in [0.05, 0.1) is 18.2 Å². The molecule has 0 radical (unpaired) electrons. The van der Waals surface area contributed by atoms with Crippen molar-refractivity contribution in [1.82, 2.24) is 14.5 Å². The third kappa shape index (κ3) is 1.65. The maximum absolute atomic E-state index is 5.50. The van der Waals surface area contributed by atoms with Crippen LogP contribution in [0.25, 0.3) is 11.3 Å². The first-order valence-electron chi connectivity index (χ1n) is 4.52. The molecule has 0 aliphatic carbocycles. The summed E-state index contributed by atoms with van der Waals surface area (Å²) in [5, 5.41) is 0. The summed E-state index contributed by atoms with van der Waals surface area (Å²) < 4.78 is 2.02. The van der Waals surface area contributed by atoms with E-state index in [-0.39, 0.29) is 0 Å². The quantitative estimate of drug-likeness (QED) is 0.778. The van der Waals surface area contributed by atoms with E-state index in [0.717, 1.165) is 17.8 Å². The fourth-order valence-corrected chi connectivity index (χ4v) is 1.39. The summed E-state index contributed by atoms with van der Waals surface area (Å²) in [6, 6.07) is 3.92. The van der Waals surface area contributed by atoms with Crippen molar-refractivity contribution in [2.45, 2.75) is 6.54 Å². The van der Waals surface area contributed by atoms with Crippen molar-refractivity contribution < 1.29 is 0 Å². The lowest BCUT2D eigenvalue weighted by molar-refractivity contribution is 0.713. The van der Waals surface area contributed by atoms with Crippen molar-refractivity contribution in [1.29, 1.82) is 0 Å². The Bertz CT molecular complexity index is 394. The third-order valence-electron chi connectivity index (χ3n) is 2.04. The second kappa shape index (κ2) is 4.02. The number of pyridine rings is 1. The summed E-state index contributed by atoms with van der Waals surface area (Å²) in [7, 11) is 0. The summed E-state index contributed by atoms with van der Waals surface area (Å²) in [5.41, 5.74) is 7.63. The summed E-state index contributed by atoms with van der Waals surface area (Å²) in [4.78, 5) is 8.17. The zero-order chi connectivity index (χ0) is 9.80. The van der Waals surface area contributed by atoms with Gasteiger partial charge in [-0.3, -0.25) is 4.98 Å². The Hall–Kier alpha value is -1.68. The van der Waals surface area contributed by atoms with Crippen LogP contribution in [0.3, 0.4) is 0 Å². The topological polar surface area (TPSA) is 56.7 Å². The van der Waals surface area contributed by atoms with E-state index in [4.69, 9.17) is 5.73 Å². The van der Waals surface area contributed by atoms with E-state index in [1.807, 2.05) is 29.1 Å². The van der Waals surface area contributed by atoms with Gasteiger partial charge in [-0.05, 0) is 12.1 Å². The van der Waals surface area contributed by atoms with Crippen LogP contribution < -0.4 is 5.73 Å². The van der Waals surface area contributed by atoms with Gasteiger partial charge >= 0.3 is 0 Å². The average molecular weight is 188 g/mol.